The highest BCUT2D eigenvalue weighted by atomic mass is 16.5. The summed E-state index contributed by atoms with van der Waals surface area (Å²) in [4.78, 5) is 25.3. The van der Waals surface area contributed by atoms with Crippen molar-refractivity contribution >= 4 is 17.4 Å². The second kappa shape index (κ2) is 5.25. The fourth-order valence-corrected chi connectivity index (χ4v) is 2.07. The average molecular weight is 277 g/mol. The van der Waals surface area contributed by atoms with E-state index < -0.39 is 11.7 Å². The maximum atomic E-state index is 12.0. The van der Waals surface area contributed by atoms with Gasteiger partial charge in [0.15, 0.2) is 0 Å². The Bertz CT molecular complexity index is 545. The van der Waals surface area contributed by atoms with Gasteiger partial charge in [0.2, 0.25) is 0 Å². The van der Waals surface area contributed by atoms with Crippen LogP contribution in [-0.2, 0) is 9.53 Å². The van der Waals surface area contributed by atoms with Gasteiger partial charge in [-0.05, 0) is 32.9 Å². The van der Waals surface area contributed by atoms with Gasteiger partial charge in [0.05, 0.1) is 30.6 Å². The number of ether oxygens (including phenoxy) is 2. The summed E-state index contributed by atoms with van der Waals surface area (Å²) < 4.78 is 10.7. The van der Waals surface area contributed by atoms with Crippen LogP contribution in [0.5, 0.6) is 5.75 Å². The first-order chi connectivity index (χ1) is 9.33. The number of carbonyl (C=O) groups excluding carboxylic acids is 2. The third-order valence-electron chi connectivity index (χ3n) is 3.03. The molecule has 1 aliphatic rings. The SMILES string of the molecule is COc1ccc2c(c1)N(CCOC(C)(C)C)C(=O)C2=O. The second-order valence-electron chi connectivity index (χ2n) is 5.63. The zero-order valence-electron chi connectivity index (χ0n) is 12.2. The first-order valence-corrected chi connectivity index (χ1v) is 6.51. The van der Waals surface area contributed by atoms with E-state index >= 15 is 0 Å². The molecule has 0 spiro atoms. The van der Waals surface area contributed by atoms with Crippen LogP contribution in [-0.4, -0.2) is 37.6 Å². The number of Topliss-reactive ketones (excluding diaryl/α,β-unsaturated/α-hetero) is 1. The molecule has 1 aromatic rings. The number of methoxy groups -OCH3 is 1. The number of rotatable bonds is 4. The highest BCUT2D eigenvalue weighted by molar-refractivity contribution is 6.52. The van der Waals surface area contributed by atoms with Gasteiger partial charge in [-0.15, -0.1) is 0 Å². The molecular formula is C15H19NO4. The molecule has 5 nitrogen and oxygen atoms in total. The molecule has 0 radical (unpaired) electrons. The van der Waals surface area contributed by atoms with Crippen LogP contribution in [0.4, 0.5) is 5.69 Å². The zero-order valence-corrected chi connectivity index (χ0v) is 12.2. The lowest BCUT2D eigenvalue weighted by Crippen LogP contribution is -2.34. The quantitative estimate of drug-likeness (QED) is 0.790. The number of fused-ring (bicyclic) bond motifs is 1. The lowest BCUT2D eigenvalue weighted by atomic mass is 10.1. The van der Waals surface area contributed by atoms with Crippen molar-refractivity contribution in [3.05, 3.63) is 23.8 Å². The summed E-state index contributed by atoms with van der Waals surface area (Å²) in [5.41, 5.74) is 0.743. The zero-order chi connectivity index (χ0) is 14.9. The maximum Gasteiger partial charge on any atom is 0.299 e. The van der Waals surface area contributed by atoms with E-state index in [1.54, 1.807) is 25.3 Å². The molecule has 1 aromatic carbocycles. The standard InChI is InChI=1S/C15H19NO4/c1-15(2,3)20-8-7-16-12-9-10(19-4)5-6-11(12)13(17)14(16)18/h5-6,9H,7-8H2,1-4H3. The van der Waals surface area contributed by atoms with E-state index in [1.165, 1.54) is 4.90 Å². The van der Waals surface area contributed by atoms with Gasteiger partial charge in [-0.1, -0.05) is 0 Å². The number of carbonyl (C=O) groups is 2. The molecule has 0 saturated heterocycles. The minimum Gasteiger partial charge on any atom is -0.497 e. The molecular weight excluding hydrogens is 258 g/mol. The number of ketones is 1. The molecule has 0 saturated carbocycles. The van der Waals surface area contributed by atoms with Crippen LogP contribution < -0.4 is 9.64 Å². The average Bonchev–Trinajstić information content (AvgIpc) is 2.62. The molecule has 2 rings (SSSR count). The smallest absolute Gasteiger partial charge is 0.299 e. The van der Waals surface area contributed by atoms with E-state index in [9.17, 15) is 9.59 Å². The van der Waals surface area contributed by atoms with Crippen LogP contribution in [0.1, 0.15) is 31.1 Å². The van der Waals surface area contributed by atoms with Crippen LogP contribution in [0.2, 0.25) is 0 Å². The van der Waals surface area contributed by atoms with Crippen molar-refractivity contribution in [3.8, 4) is 5.75 Å². The minimum absolute atomic E-state index is 0.274. The molecule has 1 heterocycles. The molecule has 20 heavy (non-hydrogen) atoms. The summed E-state index contributed by atoms with van der Waals surface area (Å²) in [6, 6.07) is 5.01. The number of benzene rings is 1. The number of nitrogens with zero attached hydrogens (tertiary/aromatic N) is 1. The number of hydrogen-bond donors (Lipinski definition) is 0. The van der Waals surface area contributed by atoms with Crippen molar-refractivity contribution in [2.45, 2.75) is 26.4 Å². The fraction of sp³-hybridized carbons (Fsp3) is 0.467. The Hall–Kier alpha value is -1.88. The highest BCUT2D eigenvalue weighted by Gasteiger charge is 2.35. The van der Waals surface area contributed by atoms with E-state index in [1.807, 2.05) is 20.8 Å². The predicted molar refractivity (Wildman–Crippen MR) is 75.4 cm³/mol. The van der Waals surface area contributed by atoms with Crippen molar-refractivity contribution in [1.29, 1.82) is 0 Å². The topological polar surface area (TPSA) is 55.8 Å². The van der Waals surface area contributed by atoms with Crippen LogP contribution in [0.15, 0.2) is 18.2 Å². The second-order valence-corrected chi connectivity index (χ2v) is 5.63. The molecule has 0 aliphatic carbocycles. The molecule has 0 N–H and O–H groups in total. The third kappa shape index (κ3) is 2.82. The molecule has 0 atom stereocenters. The van der Waals surface area contributed by atoms with E-state index in [2.05, 4.69) is 0 Å². The monoisotopic (exact) mass is 277 g/mol. The Balaban J connectivity index is 2.19. The van der Waals surface area contributed by atoms with Crippen LogP contribution >= 0.6 is 0 Å². The lowest BCUT2D eigenvalue weighted by molar-refractivity contribution is -0.114. The summed E-state index contributed by atoms with van der Waals surface area (Å²) in [5, 5.41) is 0. The van der Waals surface area contributed by atoms with Gasteiger partial charge in [0, 0.05) is 12.6 Å². The van der Waals surface area contributed by atoms with Crippen molar-refractivity contribution in [2.75, 3.05) is 25.2 Å². The molecule has 0 fully saturated rings. The van der Waals surface area contributed by atoms with E-state index in [4.69, 9.17) is 9.47 Å². The van der Waals surface area contributed by atoms with Crippen molar-refractivity contribution < 1.29 is 19.1 Å². The lowest BCUT2D eigenvalue weighted by Gasteiger charge is -2.22. The van der Waals surface area contributed by atoms with Crippen LogP contribution in [0.3, 0.4) is 0 Å². The van der Waals surface area contributed by atoms with E-state index in [0.29, 0.717) is 30.2 Å². The van der Waals surface area contributed by atoms with Crippen LogP contribution in [0.25, 0.3) is 0 Å². The van der Waals surface area contributed by atoms with Crippen molar-refractivity contribution in [3.63, 3.8) is 0 Å². The van der Waals surface area contributed by atoms with Crippen molar-refractivity contribution in [1.82, 2.24) is 0 Å². The first kappa shape index (κ1) is 14.5. The normalized spacial score (nSPS) is 14.7. The van der Waals surface area contributed by atoms with E-state index in [-0.39, 0.29) is 5.60 Å². The summed E-state index contributed by atoms with van der Waals surface area (Å²) in [5.74, 6) is -0.364. The summed E-state index contributed by atoms with van der Waals surface area (Å²) in [6.07, 6.45) is 0. The van der Waals surface area contributed by atoms with Gasteiger partial charge in [-0.2, -0.15) is 0 Å². The Kier molecular flexibility index (Phi) is 3.81. The van der Waals surface area contributed by atoms with Gasteiger partial charge in [-0.25, -0.2) is 0 Å². The molecule has 0 bridgehead atoms. The van der Waals surface area contributed by atoms with Gasteiger partial charge in [0.25, 0.3) is 11.7 Å². The molecule has 0 unspecified atom stereocenters. The van der Waals surface area contributed by atoms with Crippen molar-refractivity contribution in [2.24, 2.45) is 0 Å². The molecule has 1 aliphatic heterocycles. The molecule has 5 heteroatoms. The van der Waals surface area contributed by atoms with Gasteiger partial charge in [-0.3, -0.25) is 9.59 Å². The van der Waals surface area contributed by atoms with Gasteiger partial charge in [0.1, 0.15) is 5.75 Å². The maximum absolute atomic E-state index is 12.0. The largest absolute Gasteiger partial charge is 0.497 e. The minimum atomic E-state index is -0.509. The Morgan fingerprint density at radius 3 is 2.50 bits per heavy atom. The molecule has 0 aromatic heterocycles. The summed E-state index contributed by atoms with van der Waals surface area (Å²) in [6.45, 7) is 6.56. The number of hydrogen-bond acceptors (Lipinski definition) is 4. The summed E-state index contributed by atoms with van der Waals surface area (Å²) in [7, 11) is 1.55. The molecule has 1 amide bonds. The van der Waals surface area contributed by atoms with Gasteiger partial charge >= 0.3 is 0 Å². The Morgan fingerprint density at radius 1 is 1.20 bits per heavy atom. The Morgan fingerprint density at radius 2 is 1.90 bits per heavy atom. The predicted octanol–water partition coefficient (Wildman–Crippen LogP) is 2.04. The Labute approximate surface area is 118 Å². The fourth-order valence-electron chi connectivity index (χ4n) is 2.07. The third-order valence-corrected chi connectivity index (χ3v) is 3.03. The first-order valence-electron chi connectivity index (χ1n) is 6.51. The molecule has 108 valence electrons. The number of anilines is 1. The summed E-state index contributed by atoms with van der Waals surface area (Å²) >= 11 is 0. The number of amides is 1. The van der Waals surface area contributed by atoms with Crippen LogP contribution in [0, 0.1) is 0 Å². The van der Waals surface area contributed by atoms with Gasteiger partial charge < -0.3 is 14.4 Å². The van der Waals surface area contributed by atoms with E-state index in [0.717, 1.165) is 0 Å². The highest BCUT2D eigenvalue weighted by Crippen LogP contribution is 2.32.